The number of ether oxygens (including phenoxy) is 1. The number of nitrogens with zero attached hydrogens (tertiary/aromatic N) is 2. The maximum absolute atomic E-state index is 8.54. The highest BCUT2D eigenvalue weighted by Gasteiger charge is 2.20. The summed E-state index contributed by atoms with van der Waals surface area (Å²) >= 11 is 0. The molecule has 0 unspecified atom stereocenters. The van der Waals surface area contributed by atoms with Crippen LogP contribution in [0.4, 0.5) is 0 Å². The Bertz CT molecular complexity index is 310. The zero-order chi connectivity index (χ0) is 11.2. The molecule has 2 N–H and O–H groups in total. The van der Waals surface area contributed by atoms with E-state index in [0.29, 0.717) is 13.2 Å². The Hall–Kier alpha value is -0.910. The predicted octanol–water partition coefficient (Wildman–Crippen LogP) is 0.144. The summed E-state index contributed by atoms with van der Waals surface area (Å²) in [5.74, 6) is 0. The third-order valence-electron chi connectivity index (χ3n) is 2.57. The minimum absolute atomic E-state index is 0.0838. The Morgan fingerprint density at radius 3 is 3.12 bits per heavy atom. The molecule has 0 spiro atoms. The van der Waals surface area contributed by atoms with Gasteiger partial charge in [0.2, 0.25) is 0 Å². The molecule has 2 rings (SSSR count). The number of rotatable bonds is 8. The first-order valence-electron chi connectivity index (χ1n) is 5.81. The molecule has 90 valence electrons. The number of imidazole rings is 1. The number of aromatic nitrogens is 2. The van der Waals surface area contributed by atoms with Crippen LogP contribution >= 0.6 is 0 Å². The summed E-state index contributed by atoms with van der Waals surface area (Å²) in [7, 11) is 0. The third-order valence-corrected chi connectivity index (χ3v) is 2.57. The number of aliphatic hydroxyl groups is 1. The van der Waals surface area contributed by atoms with E-state index >= 15 is 0 Å². The average molecular weight is 225 g/mol. The maximum Gasteiger partial charge on any atom is 0.0950 e. The highest BCUT2D eigenvalue weighted by molar-refractivity contribution is 4.97. The van der Waals surface area contributed by atoms with Crippen molar-refractivity contribution in [3.8, 4) is 0 Å². The first-order chi connectivity index (χ1) is 7.88. The van der Waals surface area contributed by atoms with E-state index in [9.17, 15) is 0 Å². The predicted molar refractivity (Wildman–Crippen MR) is 60.0 cm³/mol. The lowest BCUT2D eigenvalue weighted by molar-refractivity contribution is 0.0870. The van der Waals surface area contributed by atoms with E-state index in [-0.39, 0.29) is 6.61 Å². The normalized spacial score (nSPS) is 15.6. The van der Waals surface area contributed by atoms with Gasteiger partial charge in [-0.3, -0.25) is 0 Å². The van der Waals surface area contributed by atoms with Crippen LogP contribution in [0.1, 0.15) is 18.5 Å². The molecule has 1 aromatic rings. The molecule has 1 fully saturated rings. The third kappa shape index (κ3) is 3.92. The van der Waals surface area contributed by atoms with Gasteiger partial charge in [-0.1, -0.05) is 0 Å². The van der Waals surface area contributed by atoms with Crippen molar-refractivity contribution < 1.29 is 9.84 Å². The Balaban J connectivity index is 1.64. The monoisotopic (exact) mass is 225 g/mol. The second kappa shape index (κ2) is 5.98. The molecule has 1 aliphatic rings. The summed E-state index contributed by atoms with van der Waals surface area (Å²) in [5.41, 5.74) is 1.08. The van der Waals surface area contributed by atoms with Gasteiger partial charge in [-0.2, -0.15) is 0 Å². The average Bonchev–Trinajstić information content (AvgIpc) is 3.02. The number of aliphatic hydroxyl groups excluding tert-OH is 1. The quantitative estimate of drug-likeness (QED) is 0.618. The molecule has 1 heterocycles. The lowest BCUT2D eigenvalue weighted by atomic mass is 10.4. The van der Waals surface area contributed by atoms with E-state index in [2.05, 4.69) is 10.3 Å². The first kappa shape index (κ1) is 11.6. The molecule has 0 atom stereocenters. The van der Waals surface area contributed by atoms with E-state index in [1.165, 1.54) is 12.8 Å². The molecule has 0 radical (unpaired) electrons. The van der Waals surface area contributed by atoms with Crippen molar-refractivity contribution in [3.63, 3.8) is 0 Å². The van der Waals surface area contributed by atoms with Crippen molar-refractivity contribution in [2.24, 2.45) is 0 Å². The van der Waals surface area contributed by atoms with Gasteiger partial charge >= 0.3 is 0 Å². The smallest absolute Gasteiger partial charge is 0.0950 e. The van der Waals surface area contributed by atoms with Crippen LogP contribution in [0.2, 0.25) is 0 Å². The molecule has 1 aromatic heterocycles. The van der Waals surface area contributed by atoms with Crippen molar-refractivity contribution in [2.75, 3.05) is 19.8 Å². The molecule has 5 nitrogen and oxygen atoms in total. The maximum atomic E-state index is 8.54. The topological polar surface area (TPSA) is 59.3 Å². The molecule has 0 aliphatic heterocycles. The SMILES string of the molecule is OCCOCCn1cnc(CNC2CC2)c1. The summed E-state index contributed by atoms with van der Waals surface area (Å²) < 4.78 is 7.21. The fourth-order valence-corrected chi connectivity index (χ4v) is 1.49. The number of hydrogen-bond acceptors (Lipinski definition) is 4. The summed E-state index contributed by atoms with van der Waals surface area (Å²) in [4.78, 5) is 4.31. The van der Waals surface area contributed by atoms with Crippen molar-refractivity contribution in [3.05, 3.63) is 18.2 Å². The van der Waals surface area contributed by atoms with Crippen LogP contribution in [0.3, 0.4) is 0 Å². The Morgan fingerprint density at radius 1 is 1.50 bits per heavy atom. The molecule has 16 heavy (non-hydrogen) atoms. The largest absolute Gasteiger partial charge is 0.394 e. The first-order valence-corrected chi connectivity index (χ1v) is 5.81. The van der Waals surface area contributed by atoms with E-state index in [1.54, 1.807) is 0 Å². The molecule has 5 heteroatoms. The highest BCUT2D eigenvalue weighted by Crippen LogP contribution is 2.18. The van der Waals surface area contributed by atoms with Crippen LogP contribution in [-0.2, 0) is 17.8 Å². The lowest BCUT2D eigenvalue weighted by Crippen LogP contribution is -2.15. The van der Waals surface area contributed by atoms with Gasteiger partial charge in [0, 0.05) is 25.3 Å². The van der Waals surface area contributed by atoms with Gasteiger partial charge in [0.25, 0.3) is 0 Å². The summed E-state index contributed by atoms with van der Waals surface area (Å²) in [6.07, 6.45) is 6.47. The van der Waals surface area contributed by atoms with Crippen LogP contribution in [0.15, 0.2) is 12.5 Å². The molecule has 0 saturated heterocycles. The molecular formula is C11H19N3O2. The van der Waals surface area contributed by atoms with Crippen molar-refractivity contribution in [1.82, 2.24) is 14.9 Å². The summed E-state index contributed by atoms with van der Waals surface area (Å²) in [6.45, 7) is 2.75. The lowest BCUT2D eigenvalue weighted by Gasteiger charge is -2.02. The van der Waals surface area contributed by atoms with Crippen LogP contribution < -0.4 is 5.32 Å². The van der Waals surface area contributed by atoms with E-state index in [4.69, 9.17) is 9.84 Å². The zero-order valence-electron chi connectivity index (χ0n) is 9.43. The van der Waals surface area contributed by atoms with Gasteiger partial charge in [-0.15, -0.1) is 0 Å². The molecule has 0 amide bonds. The minimum atomic E-state index is 0.0838. The van der Waals surface area contributed by atoms with Crippen LogP contribution in [0.25, 0.3) is 0 Å². The van der Waals surface area contributed by atoms with Crippen molar-refractivity contribution >= 4 is 0 Å². The fraction of sp³-hybridized carbons (Fsp3) is 0.727. The Morgan fingerprint density at radius 2 is 2.38 bits per heavy atom. The van der Waals surface area contributed by atoms with Gasteiger partial charge in [-0.25, -0.2) is 4.98 Å². The van der Waals surface area contributed by atoms with E-state index in [1.807, 2.05) is 17.1 Å². The van der Waals surface area contributed by atoms with E-state index in [0.717, 1.165) is 24.8 Å². The number of nitrogens with one attached hydrogen (secondary N) is 1. The summed E-state index contributed by atoms with van der Waals surface area (Å²) in [6, 6.07) is 0.720. The Kier molecular flexibility index (Phi) is 4.33. The van der Waals surface area contributed by atoms with Gasteiger partial charge in [-0.05, 0) is 12.8 Å². The molecule has 0 bridgehead atoms. The van der Waals surface area contributed by atoms with Gasteiger partial charge < -0.3 is 19.7 Å². The molecule has 1 aliphatic carbocycles. The van der Waals surface area contributed by atoms with Gasteiger partial charge in [0.05, 0.1) is 31.8 Å². The van der Waals surface area contributed by atoms with Crippen molar-refractivity contribution in [2.45, 2.75) is 32.0 Å². The van der Waals surface area contributed by atoms with Gasteiger partial charge in [0.1, 0.15) is 0 Å². The second-order valence-corrected chi connectivity index (χ2v) is 4.09. The highest BCUT2D eigenvalue weighted by atomic mass is 16.5. The van der Waals surface area contributed by atoms with Crippen molar-refractivity contribution in [1.29, 1.82) is 0 Å². The molecular weight excluding hydrogens is 206 g/mol. The van der Waals surface area contributed by atoms with E-state index < -0.39 is 0 Å². The van der Waals surface area contributed by atoms with Crippen LogP contribution in [-0.4, -0.2) is 40.5 Å². The van der Waals surface area contributed by atoms with Crippen LogP contribution in [0, 0.1) is 0 Å². The van der Waals surface area contributed by atoms with Crippen LogP contribution in [0.5, 0.6) is 0 Å². The molecule has 0 aromatic carbocycles. The molecule has 1 saturated carbocycles. The minimum Gasteiger partial charge on any atom is -0.394 e. The van der Waals surface area contributed by atoms with Gasteiger partial charge in [0.15, 0.2) is 0 Å². The zero-order valence-corrected chi connectivity index (χ0v) is 9.43. The fourth-order valence-electron chi connectivity index (χ4n) is 1.49. The standard InChI is InChI=1S/C11H19N3O2/c15-4-6-16-5-3-14-8-11(13-9-14)7-12-10-1-2-10/h8-10,12,15H,1-7H2. The number of hydrogen-bond donors (Lipinski definition) is 2. The Labute approximate surface area is 95.4 Å². The summed E-state index contributed by atoms with van der Waals surface area (Å²) in [5, 5.41) is 12.0. The second-order valence-electron chi connectivity index (χ2n) is 4.09.